The van der Waals surface area contributed by atoms with Gasteiger partial charge in [-0.25, -0.2) is 0 Å². The van der Waals surface area contributed by atoms with Crippen LogP contribution in [-0.2, 0) is 13.7 Å². The Morgan fingerprint density at radius 2 is 1.40 bits per heavy atom. The molecular formula is C15H31BO3Si. The molecule has 0 bridgehead atoms. The molecule has 1 aliphatic rings. The molecule has 1 heterocycles. The molecule has 1 fully saturated rings. The zero-order valence-corrected chi connectivity index (χ0v) is 15.3. The molecule has 0 aromatic carbocycles. The van der Waals surface area contributed by atoms with Crippen LogP contribution >= 0.6 is 0 Å². The van der Waals surface area contributed by atoms with E-state index >= 15 is 0 Å². The molecule has 20 heavy (non-hydrogen) atoms. The Morgan fingerprint density at radius 3 is 1.80 bits per heavy atom. The van der Waals surface area contributed by atoms with Crippen molar-refractivity contribution in [3.05, 3.63) is 12.1 Å². The van der Waals surface area contributed by atoms with Crippen LogP contribution in [0.15, 0.2) is 12.1 Å². The summed E-state index contributed by atoms with van der Waals surface area (Å²) in [7, 11) is -1.74. The van der Waals surface area contributed by atoms with Gasteiger partial charge >= 0.3 is 7.12 Å². The molecule has 0 radical (unpaired) electrons. The topological polar surface area (TPSA) is 27.7 Å². The van der Waals surface area contributed by atoms with Crippen molar-refractivity contribution in [2.45, 2.75) is 77.8 Å². The van der Waals surface area contributed by atoms with Crippen molar-refractivity contribution >= 4 is 15.4 Å². The van der Waals surface area contributed by atoms with E-state index in [1.807, 2.05) is 12.1 Å². The van der Waals surface area contributed by atoms with Crippen molar-refractivity contribution in [1.82, 2.24) is 0 Å². The Hall–Kier alpha value is -0.0982. The summed E-state index contributed by atoms with van der Waals surface area (Å²) in [5, 5.41) is 0. The SMILES string of the molecule is CC[Si](CC)(CC)OC/C=C/B1OC(C)(C)C(C)(C)O1. The highest BCUT2D eigenvalue weighted by Gasteiger charge is 2.49. The third-order valence-corrected chi connectivity index (χ3v) is 9.63. The van der Waals surface area contributed by atoms with Crippen molar-refractivity contribution in [3.63, 3.8) is 0 Å². The van der Waals surface area contributed by atoms with Crippen LogP contribution in [0.4, 0.5) is 0 Å². The largest absolute Gasteiger partial charge is 0.486 e. The minimum absolute atomic E-state index is 0.260. The molecule has 0 amide bonds. The van der Waals surface area contributed by atoms with Crippen LogP contribution in [-0.4, -0.2) is 33.2 Å². The van der Waals surface area contributed by atoms with Gasteiger partial charge in [0.1, 0.15) is 0 Å². The first-order valence-corrected chi connectivity index (χ1v) is 10.4. The summed E-state index contributed by atoms with van der Waals surface area (Å²) in [6, 6.07) is 3.55. The molecule has 0 atom stereocenters. The molecule has 3 nitrogen and oxygen atoms in total. The van der Waals surface area contributed by atoms with E-state index in [0.717, 1.165) is 0 Å². The highest BCUT2D eigenvalue weighted by Crippen LogP contribution is 2.36. The summed E-state index contributed by atoms with van der Waals surface area (Å²) >= 11 is 0. The second-order valence-electron chi connectivity index (χ2n) is 6.61. The molecular weight excluding hydrogens is 267 g/mol. The monoisotopic (exact) mass is 298 g/mol. The molecule has 0 saturated carbocycles. The summed E-state index contributed by atoms with van der Waals surface area (Å²) in [5.74, 6) is 1.98. The van der Waals surface area contributed by atoms with Crippen LogP contribution < -0.4 is 0 Å². The first kappa shape index (κ1) is 18.0. The third-order valence-electron chi connectivity index (χ3n) is 4.98. The van der Waals surface area contributed by atoms with Gasteiger partial charge in [-0.1, -0.05) is 32.8 Å². The molecule has 0 spiro atoms. The van der Waals surface area contributed by atoms with Crippen LogP contribution in [0.5, 0.6) is 0 Å². The van der Waals surface area contributed by atoms with Gasteiger partial charge in [-0.05, 0) is 45.8 Å². The van der Waals surface area contributed by atoms with E-state index in [0.29, 0.717) is 6.61 Å². The molecule has 0 aliphatic carbocycles. The second kappa shape index (κ2) is 6.77. The van der Waals surface area contributed by atoms with Crippen molar-refractivity contribution in [3.8, 4) is 0 Å². The van der Waals surface area contributed by atoms with Crippen molar-refractivity contribution in [2.75, 3.05) is 6.61 Å². The Labute approximate surface area is 126 Å². The highest BCUT2D eigenvalue weighted by atomic mass is 28.4. The molecule has 1 aliphatic heterocycles. The predicted octanol–water partition coefficient (Wildman–Crippen LogP) is 4.20. The van der Waals surface area contributed by atoms with Gasteiger partial charge in [0, 0.05) is 0 Å². The van der Waals surface area contributed by atoms with Gasteiger partial charge in [0.15, 0.2) is 8.32 Å². The van der Waals surface area contributed by atoms with Crippen LogP contribution in [0.3, 0.4) is 0 Å². The maximum Gasteiger partial charge on any atom is 0.486 e. The summed E-state index contributed by atoms with van der Waals surface area (Å²) in [6.45, 7) is 15.7. The van der Waals surface area contributed by atoms with E-state index in [1.54, 1.807) is 0 Å². The molecule has 0 unspecified atom stereocenters. The van der Waals surface area contributed by atoms with Crippen molar-refractivity contribution in [2.24, 2.45) is 0 Å². The van der Waals surface area contributed by atoms with E-state index in [9.17, 15) is 0 Å². The average Bonchev–Trinajstić information content (AvgIpc) is 2.59. The lowest BCUT2D eigenvalue weighted by molar-refractivity contribution is 0.00578. The lowest BCUT2D eigenvalue weighted by atomic mass is 9.90. The van der Waals surface area contributed by atoms with E-state index in [2.05, 4.69) is 48.5 Å². The number of hydrogen-bond donors (Lipinski definition) is 0. The predicted molar refractivity (Wildman–Crippen MR) is 88.4 cm³/mol. The van der Waals surface area contributed by atoms with E-state index in [1.165, 1.54) is 18.1 Å². The Kier molecular flexibility index (Phi) is 6.08. The van der Waals surface area contributed by atoms with Gasteiger partial charge in [-0.3, -0.25) is 0 Å². The van der Waals surface area contributed by atoms with Gasteiger partial charge < -0.3 is 13.7 Å². The normalized spacial score (nSPS) is 21.9. The summed E-state index contributed by atoms with van der Waals surface area (Å²) in [6.07, 6.45) is 2.05. The summed E-state index contributed by atoms with van der Waals surface area (Å²) in [5.41, 5.74) is -0.532. The zero-order chi connectivity index (χ0) is 15.4. The first-order valence-electron chi connectivity index (χ1n) is 7.88. The van der Waals surface area contributed by atoms with Crippen LogP contribution in [0, 0.1) is 0 Å². The lowest BCUT2D eigenvalue weighted by Crippen LogP contribution is -2.41. The molecule has 0 N–H and O–H groups in total. The third kappa shape index (κ3) is 3.97. The van der Waals surface area contributed by atoms with Crippen molar-refractivity contribution < 1.29 is 13.7 Å². The molecule has 1 rings (SSSR count). The highest BCUT2D eigenvalue weighted by molar-refractivity contribution is 6.73. The van der Waals surface area contributed by atoms with Gasteiger partial charge in [0.05, 0.1) is 17.8 Å². The quantitative estimate of drug-likeness (QED) is 0.659. The zero-order valence-electron chi connectivity index (χ0n) is 14.3. The summed E-state index contributed by atoms with van der Waals surface area (Å²) in [4.78, 5) is 0. The fraction of sp³-hybridized carbons (Fsp3) is 0.867. The smallest absolute Gasteiger partial charge is 0.413 e. The maximum atomic E-state index is 6.18. The van der Waals surface area contributed by atoms with E-state index < -0.39 is 8.32 Å². The van der Waals surface area contributed by atoms with Gasteiger partial charge in [-0.15, -0.1) is 0 Å². The molecule has 0 aromatic rings. The average molecular weight is 298 g/mol. The molecule has 0 aromatic heterocycles. The van der Waals surface area contributed by atoms with Gasteiger partial charge in [-0.2, -0.15) is 0 Å². The minimum Gasteiger partial charge on any atom is -0.413 e. The standard InChI is InChI=1S/C15H31BO3Si/c1-8-20(9-2,10-3)17-13-11-12-16-18-14(4,5)15(6,7)19-16/h11-12H,8-10,13H2,1-7H3/b12-11+. The summed E-state index contributed by atoms with van der Waals surface area (Å²) < 4.78 is 18.0. The lowest BCUT2D eigenvalue weighted by Gasteiger charge is -2.32. The minimum atomic E-state index is -1.48. The molecule has 5 heteroatoms. The van der Waals surface area contributed by atoms with Crippen LogP contribution in [0.1, 0.15) is 48.5 Å². The maximum absolute atomic E-state index is 6.18. The van der Waals surface area contributed by atoms with Crippen LogP contribution in [0.2, 0.25) is 18.1 Å². The fourth-order valence-corrected chi connectivity index (χ4v) is 4.98. The van der Waals surface area contributed by atoms with Gasteiger partial charge in [0.25, 0.3) is 0 Å². The second-order valence-corrected chi connectivity index (χ2v) is 11.4. The van der Waals surface area contributed by atoms with Gasteiger partial charge in [0.2, 0.25) is 0 Å². The Morgan fingerprint density at radius 1 is 0.950 bits per heavy atom. The van der Waals surface area contributed by atoms with E-state index in [4.69, 9.17) is 13.7 Å². The first-order chi connectivity index (χ1) is 9.22. The van der Waals surface area contributed by atoms with E-state index in [-0.39, 0.29) is 18.3 Å². The van der Waals surface area contributed by atoms with Crippen molar-refractivity contribution in [1.29, 1.82) is 0 Å². The van der Waals surface area contributed by atoms with Crippen LogP contribution in [0.25, 0.3) is 0 Å². The Balaban J connectivity index is 2.48. The number of rotatable bonds is 7. The molecule has 1 saturated heterocycles. The molecule has 116 valence electrons. The Bertz CT molecular complexity index is 314. The number of hydrogen-bond acceptors (Lipinski definition) is 3. The fourth-order valence-electron chi connectivity index (χ4n) is 2.41.